The Balaban J connectivity index is 1.91. The molecule has 0 unspecified atom stereocenters. The minimum atomic E-state index is -0.298. The molecule has 1 amide bonds. The van der Waals surface area contributed by atoms with Crippen molar-refractivity contribution < 1.29 is 19.1 Å². The van der Waals surface area contributed by atoms with E-state index >= 15 is 0 Å². The molecular formula is C18H19ClN2O4. The molecule has 0 saturated carbocycles. The SMILES string of the molecule is COc1cc(/C=N\OCC(=O)Nc2cccc(C)c2)cc(Cl)c1OC. The molecule has 0 aliphatic heterocycles. The van der Waals surface area contributed by atoms with Crippen molar-refractivity contribution >= 4 is 29.4 Å². The zero-order chi connectivity index (χ0) is 18.2. The summed E-state index contributed by atoms with van der Waals surface area (Å²) < 4.78 is 10.4. The number of benzene rings is 2. The lowest BCUT2D eigenvalue weighted by Crippen LogP contribution is -2.16. The van der Waals surface area contributed by atoms with Crippen LogP contribution in [0.15, 0.2) is 41.6 Å². The van der Waals surface area contributed by atoms with Crippen molar-refractivity contribution in [3.8, 4) is 11.5 Å². The Morgan fingerprint density at radius 2 is 2.04 bits per heavy atom. The molecule has 1 N–H and O–H groups in total. The minimum Gasteiger partial charge on any atom is -0.493 e. The van der Waals surface area contributed by atoms with Gasteiger partial charge >= 0.3 is 0 Å². The number of methoxy groups -OCH3 is 2. The van der Waals surface area contributed by atoms with Gasteiger partial charge in [-0.1, -0.05) is 28.9 Å². The van der Waals surface area contributed by atoms with Gasteiger partial charge in [-0.3, -0.25) is 4.79 Å². The first-order chi connectivity index (χ1) is 12.0. The van der Waals surface area contributed by atoms with Gasteiger partial charge in [-0.05, 0) is 36.8 Å². The number of nitrogens with zero attached hydrogens (tertiary/aromatic N) is 1. The highest BCUT2D eigenvalue weighted by molar-refractivity contribution is 6.32. The van der Waals surface area contributed by atoms with Crippen LogP contribution in [0.25, 0.3) is 0 Å². The van der Waals surface area contributed by atoms with Gasteiger partial charge in [0.15, 0.2) is 18.1 Å². The monoisotopic (exact) mass is 362 g/mol. The van der Waals surface area contributed by atoms with E-state index in [-0.39, 0.29) is 12.5 Å². The third-order valence-corrected chi connectivity index (χ3v) is 3.51. The first kappa shape index (κ1) is 18.6. The average Bonchev–Trinajstić information content (AvgIpc) is 2.58. The highest BCUT2D eigenvalue weighted by Gasteiger charge is 2.10. The van der Waals surface area contributed by atoms with Crippen LogP contribution in [-0.2, 0) is 9.63 Å². The lowest BCUT2D eigenvalue weighted by atomic mass is 10.2. The summed E-state index contributed by atoms with van der Waals surface area (Å²) in [5.41, 5.74) is 2.42. The second-order valence-electron chi connectivity index (χ2n) is 5.16. The summed E-state index contributed by atoms with van der Waals surface area (Å²) >= 11 is 6.11. The predicted octanol–water partition coefficient (Wildman–Crippen LogP) is 3.65. The molecule has 0 fully saturated rings. The molecular weight excluding hydrogens is 344 g/mol. The Labute approximate surface area is 151 Å². The molecule has 0 atom stereocenters. The number of nitrogens with one attached hydrogen (secondary N) is 1. The van der Waals surface area contributed by atoms with Crippen LogP contribution >= 0.6 is 11.6 Å². The van der Waals surface area contributed by atoms with E-state index in [4.69, 9.17) is 25.9 Å². The van der Waals surface area contributed by atoms with Crippen LogP contribution in [0.2, 0.25) is 5.02 Å². The number of amides is 1. The van der Waals surface area contributed by atoms with Crippen LogP contribution in [-0.4, -0.2) is 32.9 Å². The summed E-state index contributed by atoms with van der Waals surface area (Å²) in [7, 11) is 3.02. The first-order valence-corrected chi connectivity index (χ1v) is 7.84. The van der Waals surface area contributed by atoms with Gasteiger partial charge in [0.1, 0.15) is 0 Å². The number of carbonyl (C=O) groups is 1. The van der Waals surface area contributed by atoms with E-state index in [2.05, 4.69) is 10.5 Å². The maximum Gasteiger partial charge on any atom is 0.265 e. The number of rotatable bonds is 7. The summed E-state index contributed by atoms with van der Waals surface area (Å²) in [6, 6.07) is 10.8. The number of hydrogen-bond donors (Lipinski definition) is 1. The van der Waals surface area contributed by atoms with Crippen LogP contribution in [0.1, 0.15) is 11.1 Å². The highest BCUT2D eigenvalue weighted by atomic mass is 35.5. The van der Waals surface area contributed by atoms with E-state index in [0.29, 0.717) is 27.8 Å². The third kappa shape index (κ3) is 5.39. The van der Waals surface area contributed by atoms with Gasteiger partial charge in [0.05, 0.1) is 25.5 Å². The van der Waals surface area contributed by atoms with Gasteiger partial charge in [0, 0.05) is 11.3 Å². The number of aryl methyl sites for hydroxylation is 1. The Bertz CT molecular complexity index is 778. The molecule has 2 rings (SSSR count). The first-order valence-electron chi connectivity index (χ1n) is 7.47. The summed E-state index contributed by atoms with van der Waals surface area (Å²) in [5.74, 6) is 0.626. The number of ether oxygens (including phenoxy) is 2. The molecule has 0 aliphatic carbocycles. The fraction of sp³-hybridized carbons (Fsp3) is 0.222. The molecule has 2 aromatic rings. The van der Waals surface area contributed by atoms with Gasteiger partial charge in [-0.2, -0.15) is 0 Å². The number of anilines is 1. The second kappa shape index (κ2) is 8.94. The summed E-state index contributed by atoms with van der Waals surface area (Å²) in [6.07, 6.45) is 1.44. The quantitative estimate of drug-likeness (QED) is 0.603. The van der Waals surface area contributed by atoms with Crippen LogP contribution in [0.5, 0.6) is 11.5 Å². The van der Waals surface area contributed by atoms with E-state index < -0.39 is 0 Å². The zero-order valence-corrected chi connectivity index (χ0v) is 15.0. The molecule has 0 bridgehead atoms. The molecule has 6 nitrogen and oxygen atoms in total. The molecule has 0 radical (unpaired) electrons. The number of carbonyl (C=O) groups excluding carboxylic acids is 1. The largest absolute Gasteiger partial charge is 0.493 e. The van der Waals surface area contributed by atoms with Crippen LogP contribution in [0.3, 0.4) is 0 Å². The molecule has 2 aromatic carbocycles. The van der Waals surface area contributed by atoms with Crippen LogP contribution < -0.4 is 14.8 Å². The minimum absolute atomic E-state index is 0.203. The van der Waals surface area contributed by atoms with Crippen LogP contribution in [0, 0.1) is 6.92 Å². The molecule has 0 saturated heterocycles. The van der Waals surface area contributed by atoms with E-state index in [9.17, 15) is 4.79 Å². The Kier molecular flexibility index (Phi) is 6.65. The fourth-order valence-electron chi connectivity index (χ4n) is 2.13. The second-order valence-corrected chi connectivity index (χ2v) is 5.57. The van der Waals surface area contributed by atoms with Crippen molar-refractivity contribution in [1.29, 1.82) is 0 Å². The molecule has 0 aliphatic rings. The van der Waals surface area contributed by atoms with Gasteiger partial charge in [-0.25, -0.2) is 0 Å². The number of hydrogen-bond acceptors (Lipinski definition) is 5. The van der Waals surface area contributed by atoms with E-state index in [1.54, 1.807) is 18.2 Å². The highest BCUT2D eigenvalue weighted by Crippen LogP contribution is 2.35. The predicted molar refractivity (Wildman–Crippen MR) is 97.9 cm³/mol. The molecule has 0 aromatic heterocycles. The molecule has 25 heavy (non-hydrogen) atoms. The van der Waals surface area contributed by atoms with E-state index in [1.807, 2.05) is 25.1 Å². The van der Waals surface area contributed by atoms with E-state index in [1.165, 1.54) is 20.4 Å². The molecule has 132 valence electrons. The van der Waals surface area contributed by atoms with Gasteiger partial charge in [0.2, 0.25) is 0 Å². The lowest BCUT2D eigenvalue weighted by molar-refractivity contribution is -0.120. The molecule has 0 heterocycles. The number of halogens is 1. The van der Waals surface area contributed by atoms with Crippen molar-refractivity contribution in [2.24, 2.45) is 5.16 Å². The Hall–Kier alpha value is -2.73. The van der Waals surface area contributed by atoms with Crippen molar-refractivity contribution in [2.45, 2.75) is 6.92 Å². The standard InChI is InChI=1S/C18H19ClN2O4/c1-12-5-4-6-14(7-12)21-17(22)11-25-20-10-13-8-15(19)18(24-3)16(9-13)23-2/h4-10H,11H2,1-3H3,(H,21,22)/b20-10-. The van der Waals surface area contributed by atoms with E-state index in [0.717, 1.165) is 5.56 Å². The number of oxime groups is 1. The van der Waals surface area contributed by atoms with Crippen molar-refractivity contribution in [2.75, 3.05) is 26.1 Å². The normalized spacial score (nSPS) is 10.6. The van der Waals surface area contributed by atoms with Crippen molar-refractivity contribution in [1.82, 2.24) is 0 Å². The average molecular weight is 363 g/mol. The summed E-state index contributed by atoms with van der Waals surface area (Å²) in [6.45, 7) is 1.75. The summed E-state index contributed by atoms with van der Waals surface area (Å²) in [5, 5.41) is 6.89. The van der Waals surface area contributed by atoms with Gasteiger partial charge in [0.25, 0.3) is 5.91 Å². The smallest absolute Gasteiger partial charge is 0.265 e. The maximum atomic E-state index is 11.8. The zero-order valence-electron chi connectivity index (χ0n) is 14.2. The Morgan fingerprint density at radius 1 is 1.24 bits per heavy atom. The Morgan fingerprint density at radius 3 is 2.72 bits per heavy atom. The van der Waals surface area contributed by atoms with Crippen LogP contribution in [0.4, 0.5) is 5.69 Å². The van der Waals surface area contributed by atoms with Gasteiger partial charge < -0.3 is 19.6 Å². The lowest BCUT2D eigenvalue weighted by Gasteiger charge is -2.09. The van der Waals surface area contributed by atoms with Gasteiger partial charge in [-0.15, -0.1) is 0 Å². The molecule has 7 heteroatoms. The third-order valence-electron chi connectivity index (χ3n) is 3.23. The topological polar surface area (TPSA) is 69.2 Å². The maximum absolute atomic E-state index is 11.8. The molecule has 0 spiro atoms. The summed E-state index contributed by atoms with van der Waals surface area (Å²) in [4.78, 5) is 16.8. The van der Waals surface area contributed by atoms with Crippen molar-refractivity contribution in [3.05, 3.63) is 52.5 Å². The fourth-order valence-corrected chi connectivity index (χ4v) is 2.42. The van der Waals surface area contributed by atoms with Crippen molar-refractivity contribution in [3.63, 3.8) is 0 Å².